The van der Waals surface area contributed by atoms with Crippen LogP contribution in [-0.4, -0.2) is 28.8 Å². The van der Waals surface area contributed by atoms with Gasteiger partial charge in [0.1, 0.15) is 5.54 Å². The lowest BCUT2D eigenvalue weighted by Crippen LogP contribution is -2.64. The lowest BCUT2D eigenvalue weighted by Gasteiger charge is -2.39. The van der Waals surface area contributed by atoms with Crippen molar-refractivity contribution >= 4 is 11.8 Å². The van der Waals surface area contributed by atoms with E-state index in [1.165, 1.54) is 5.56 Å². The quantitative estimate of drug-likeness (QED) is 0.898. The molecule has 0 spiro atoms. The molecule has 4 nitrogen and oxygen atoms in total. The van der Waals surface area contributed by atoms with Crippen LogP contribution in [0.1, 0.15) is 31.4 Å². The molecule has 1 aliphatic heterocycles. The number of hydrogen-bond acceptors (Lipinski definition) is 2. The highest BCUT2D eigenvalue weighted by molar-refractivity contribution is 5.97. The second kappa shape index (κ2) is 5.03. The van der Waals surface area contributed by atoms with Crippen LogP contribution in [0.4, 0.5) is 0 Å². The lowest BCUT2D eigenvalue weighted by atomic mass is 9.94. The largest absolute Gasteiger partial charge is 0.340 e. The van der Waals surface area contributed by atoms with E-state index in [4.69, 9.17) is 0 Å². The third-order valence-electron chi connectivity index (χ3n) is 3.71. The van der Waals surface area contributed by atoms with Gasteiger partial charge in [0.2, 0.25) is 11.8 Å². The molecule has 0 saturated carbocycles. The summed E-state index contributed by atoms with van der Waals surface area (Å²) in [5.41, 5.74) is 1.47. The predicted octanol–water partition coefficient (Wildman–Crippen LogP) is 1.62. The van der Waals surface area contributed by atoms with Crippen LogP contribution < -0.4 is 5.32 Å². The van der Waals surface area contributed by atoms with Gasteiger partial charge in [0.25, 0.3) is 0 Å². The van der Waals surface area contributed by atoms with Crippen LogP contribution in [0, 0.1) is 6.92 Å². The number of rotatable bonds is 3. The molecule has 1 heterocycles. The minimum absolute atomic E-state index is 0.00447. The van der Waals surface area contributed by atoms with Gasteiger partial charge in [0.15, 0.2) is 0 Å². The molecule has 0 bridgehead atoms. The summed E-state index contributed by atoms with van der Waals surface area (Å²) in [5.74, 6) is -0.0914. The Morgan fingerprint density at radius 3 is 2.47 bits per heavy atom. The fraction of sp³-hybridized carbons (Fsp3) is 0.467. The lowest BCUT2D eigenvalue weighted by molar-refractivity contribution is -0.149. The molecule has 1 aliphatic rings. The van der Waals surface area contributed by atoms with Crippen LogP contribution in [0.2, 0.25) is 0 Å². The molecule has 1 N–H and O–H groups in total. The number of hydrogen-bond donors (Lipinski definition) is 1. The van der Waals surface area contributed by atoms with Gasteiger partial charge >= 0.3 is 0 Å². The van der Waals surface area contributed by atoms with Gasteiger partial charge in [-0.2, -0.15) is 0 Å². The maximum Gasteiger partial charge on any atom is 0.248 e. The minimum atomic E-state index is -0.764. The van der Waals surface area contributed by atoms with Gasteiger partial charge in [0, 0.05) is 6.54 Å². The van der Waals surface area contributed by atoms with Crippen molar-refractivity contribution in [3.63, 3.8) is 0 Å². The topological polar surface area (TPSA) is 49.4 Å². The molecule has 0 radical (unpaired) electrons. The van der Waals surface area contributed by atoms with Crippen molar-refractivity contribution in [1.29, 1.82) is 0 Å². The third-order valence-corrected chi connectivity index (χ3v) is 3.71. The summed E-state index contributed by atoms with van der Waals surface area (Å²) in [6.07, 6.45) is 0.599. The zero-order valence-electron chi connectivity index (χ0n) is 11.7. The Bertz CT molecular complexity index is 495. The highest BCUT2D eigenvalue weighted by Crippen LogP contribution is 2.19. The molecule has 2 amide bonds. The van der Waals surface area contributed by atoms with Crippen molar-refractivity contribution < 1.29 is 9.59 Å². The van der Waals surface area contributed by atoms with Gasteiger partial charge in [-0.15, -0.1) is 0 Å². The Hall–Kier alpha value is -1.84. The van der Waals surface area contributed by atoms with E-state index in [0.29, 0.717) is 13.0 Å². The second-order valence-corrected chi connectivity index (χ2v) is 5.38. The first-order valence-corrected chi connectivity index (χ1v) is 6.60. The Kier molecular flexibility index (Phi) is 3.60. The normalized spacial score (nSPS) is 23.4. The van der Waals surface area contributed by atoms with E-state index in [9.17, 15) is 9.59 Å². The second-order valence-electron chi connectivity index (χ2n) is 5.38. The number of piperazine rings is 1. The maximum atomic E-state index is 12.4. The molecule has 0 aromatic heterocycles. The Labute approximate surface area is 113 Å². The maximum absolute atomic E-state index is 12.4. The number of aryl methyl sites for hydroxylation is 1. The van der Waals surface area contributed by atoms with E-state index in [2.05, 4.69) is 5.32 Å². The summed E-state index contributed by atoms with van der Waals surface area (Å²) in [5, 5.41) is 2.79. The van der Waals surface area contributed by atoms with Gasteiger partial charge in [0.05, 0.1) is 6.54 Å². The van der Waals surface area contributed by atoms with E-state index in [1.807, 2.05) is 38.1 Å². The minimum Gasteiger partial charge on any atom is -0.340 e. The smallest absolute Gasteiger partial charge is 0.248 e. The zero-order chi connectivity index (χ0) is 14.0. The zero-order valence-corrected chi connectivity index (χ0v) is 11.7. The molecule has 4 heteroatoms. The fourth-order valence-corrected chi connectivity index (χ4v) is 2.28. The summed E-state index contributed by atoms with van der Waals surface area (Å²) < 4.78 is 0. The average Bonchev–Trinajstić information content (AvgIpc) is 2.38. The first-order chi connectivity index (χ1) is 8.94. The van der Waals surface area contributed by atoms with Gasteiger partial charge in [-0.25, -0.2) is 0 Å². The first-order valence-electron chi connectivity index (χ1n) is 6.60. The fourth-order valence-electron chi connectivity index (χ4n) is 2.28. The summed E-state index contributed by atoms with van der Waals surface area (Å²) in [6.45, 7) is 6.35. The Morgan fingerprint density at radius 2 is 1.89 bits per heavy atom. The van der Waals surface area contributed by atoms with Crippen molar-refractivity contribution in [3.05, 3.63) is 35.4 Å². The first kappa shape index (κ1) is 13.6. The molecule has 1 saturated heterocycles. The average molecular weight is 260 g/mol. The van der Waals surface area contributed by atoms with Gasteiger partial charge < -0.3 is 10.2 Å². The number of carbonyl (C=O) groups excluding carboxylic acids is 2. The molecule has 19 heavy (non-hydrogen) atoms. The molecule has 1 aromatic carbocycles. The summed E-state index contributed by atoms with van der Waals surface area (Å²) >= 11 is 0. The van der Waals surface area contributed by atoms with Crippen LogP contribution in [0.25, 0.3) is 0 Å². The molecule has 1 atom stereocenters. The summed E-state index contributed by atoms with van der Waals surface area (Å²) in [6, 6.07) is 8.03. The highest BCUT2D eigenvalue weighted by atomic mass is 16.2. The number of benzene rings is 1. The number of nitrogens with one attached hydrogen (secondary N) is 1. The van der Waals surface area contributed by atoms with E-state index in [0.717, 1.165) is 5.56 Å². The van der Waals surface area contributed by atoms with E-state index < -0.39 is 5.54 Å². The van der Waals surface area contributed by atoms with Crippen LogP contribution in [0.3, 0.4) is 0 Å². The Balaban J connectivity index is 2.17. The van der Waals surface area contributed by atoms with Crippen LogP contribution in [-0.2, 0) is 16.1 Å². The highest BCUT2D eigenvalue weighted by Gasteiger charge is 2.41. The van der Waals surface area contributed by atoms with Crippen molar-refractivity contribution in [2.75, 3.05) is 6.54 Å². The molecule has 1 aromatic rings. The number of carbonyl (C=O) groups is 2. The van der Waals surface area contributed by atoms with Crippen LogP contribution >= 0.6 is 0 Å². The Morgan fingerprint density at radius 1 is 1.26 bits per heavy atom. The van der Waals surface area contributed by atoms with Crippen molar-refractivity contribution in [2.45, 2.75) is 39.3 Å². The van der Waals surface area contributed by atoms with Crippen molar-refractivity contribution in [1.82, 2.24) is 10.2 Å². The molecule has 102 valence electrons. The SMILES string of the molecule is CCC1(C)NC(=O)CN(Cc2ccc(C)cc2)C1=O. The van der Waals surface area contributed by atoms with Crippen molar-refractivity contribution in [2.24, 2.45) is 0 Å². The van der Waals surface area contributed by atoms with Gasteiger partial charge in [-0.1, -0.05) is 36.8 Å². The molecule has 2 rings (SSSR count). The predicted molar refractivity (Wildman–Crippen MR) is 73.4 cm³/mol. The third kappa shape index (κ3) is 2.78. The van der Waals surface area contributed by atoms with Crippen LogP contribution in [0.15, 0.2) is 24.3 Å². The molecular weight excluding hydrogens is 240 g/mol. The standard InChI is InChI=1S/C15H20N2O2/c1-4-15(3)14(19)17(10-13(18)16-15)9-12-7-5-11(2)6-8-12/h5-8H,4,9-10H2,1-3H3,(H,16,18). The van der Waals surface area contributed by atoms with Crippen molar-refractivity contribution in [3.8, 4) is 0 Å². The summed E-state index contributed by atoms with van der Waals surface area (Å²) in [4.78, 5) is 25.8. The number of amides is 2. The van der Waals surface area contributed by atoms with Gasteiger partial charge in [-0.3, -0.25) is 9.59 Å². The molecule has 0 aliphatic carbocycles. The molecular formula is C15H20N2O2. The number of nitrogens with zero attached hydrogens (tertiary/aromatic N) is 1. The van der Waals surface area contributed by atoms with E-state index in [1.54, 1.807) is 11.8 Å². The summed E-state index contributed by atoms with van der Waals surface area (Å²) in [7, 11) is 0. The molecule has 1 fully saturated rings. The monoisotopic (exact) mass is 260 g/mol. The van der Waals surface area contributed by atoms with E-state index in [-0.39, 0.29) is 18.4 Å². The van der Waals surface area contributed by atoms with Crippen LogP contribution in [0.5, 0.6) is 0 Å². The molecule has 1 unspecified atom stereocenters. The van der Waals surface area contributed by atoms with Gasteiger partial charge in [-0.05, 0) is 25.8 Å². The van der Waals surface area contributed by atoms with E-state index >= 15 is 0 Å².